The van der Waals surface area contributed by atoms with Crippen LogP contribution in [-0.2, 0) is 4.79 Å². The van der Waals surface area contributed by atoms with E-state index >= 15 is 0 Å². The Morgan fingerprint density at radius 3 is 2.22 bits per heavy atom. The van der Waals surface area contributed by atoms with Gasteiger partial charge in [-0.15, -0.1) is 0 Å². The zero-order valence-corrected chi connectivity index (χ0v) is 21.8. The standard InChI is InChI=1S/C29H39N5O3/c1-2-17-34(28(36)23-9-5-3-6-10-23)22-27(35)30-25-13-15-26(16-14-25)32-18-20-33(21-19-32)29(37)31-24-11-7-4-8-12-24/h3,5-6,9-10,13-16,24H,2,4,7-8,11-12,17-22H2,1H3,(H,30,35)(H,31,37). The summed E-state index contributed by atoms with van der Waals surface area (Å²) in [7, 11) is 0. The summed E-state index contributed by atoms with van der Waals surface area (Å²) < 4.78 is 0. The summed E-state index contributed by atoms with van der Waals surface area (Å²) in [5, 5.41) is 6.13. The second kappa shape index (κ2) is 13.1. The molecule has 1 saturated carbocycles. The lowest BCUT2D eigenvalue weighted by Crippen LogP contribution is -2.53. The van der Waals surface area contributed by atoms with Crippen LogP contribution in [0.2, 0.25) is 0 Å². The van der Waals surface area contributed by atoms with Crippen molar-refractivity contribution in [1.82, 2.24) is 15.1 Å². The Kier molecular flexibility index (Phi) is 9.40. The van der Waals surface area contributed by atoms with E-state index in [1.807, 2.05) is 54.3 Å². The predicted octanol–water partition coefficient (Wildman–Crippen LogP) is 4.34. The van der Waals surface area contributed by atoms with E-state index in [0.717, 1.165) is 38.0 Å². The molecule has 0 spiro atoms. The number of carbonyl (C=O) groups is 3. The minimum atomic E-state index is -0.219. The summed E-state index contributed by atoms with van der Waals surface area (Å²) in [6, 6.07) is 17.2. The van der Waals surface area contributed by atoms with Crippen LogP contribution in [0.3, 0.4) is 0 Å². The van der Waals surface area contributed by atoms with Gasteiger partial charge in [0.15, 0.2) is 0 Å². The third-order valence-corrected chi connectivity index (χ3v) is 7.15. The molecule has 2 aromatic rings. The van der Waals surface area contributed by atoms with Crippen molar-refractivity contribution in [2.45, 2.75) is 51.5 Å². The molecule has 4 amide bonds. The van der Waals surface area contributed by atoms with E-state index in [9.17, 15) is 14.4 Å². The third kappa shape index (κ3) is 7.47. The zero-order valence-electron chi connectivity index (χ0n) is 21.8. The number of hydrogen-bond donors (Lipinski definition) is 2. The molecule has 2 aromatic carbocycles. The van der Waals surface area contributed by atoms with E-state index in [-0.39, 0.29) is 24.4 Å². The molecule has 1 aliphatic heterocycles. The molecule has 198 valence electrons. The Bertz CT molecular complexity index is 1030. The van der Waals surface area contributed by atoms with E-state index in [1.165, 1.54) is 19.3 Å². The van der Waals surface area contributed by atoms with Crippen molar-refractivity contribution in [3.05, 3.63) is 60.2 Å². The van der Waals surface area contributed by atoms with Crippen LogP contribution in [0.4, 0.5) is 16.2 Å². The van der Waals surface area contributed by atoms with Gasteiger partial charge in [-0.05, 0) is 55.7 Å². The number of carbonyl (C=O) groups excluding carboxylic acids is 3. The van der Waals surface area contributed by atoms with Gasteiger partial charge in [0.2, 0.25) is 5.91 Å². The largest absolute Gasteiger partial charge is 0.368 e. The van der Waals surface area contributed by atoms with Gasteiger partial charge in [-0.2, -0.15) is 0 Å². The van der Waals surface area contributed by atoms with Crippen molar-refractivity contribution in [1.29, 1.82) is 0 Å². The SMILES string of the molecule is CCCN(CC(=O)Nc1ccc(N2CCN(C(=O)NC3CCCCC3)CC2)cc1)C(=O)c1ccccc1. The van der Waals surface area contributed by atoms with Gasteiger partial charge in [0.25, 0.3) is 5.91 Å². The molecular formula is C29H39N5O3. The first kappa shape index (κ1) is 26.5. The van der Waals surface area contributed by atoms with Crippen LogP contribution in [-0.4, -0.2) is 73.0 Å². The van der Waals surface area contributed by atoms with Gasteiger partial charge in [-0.25, -0.2) is 4.79 Å². The maximum absolute atomic E-state index is 12.8. The number of urea groups is 1. The van der Waals surface area contributed by atoms with Crippen LogP contribution in [0.25, 0.3) is 0 Å². The smallest absolute Gasteiger partial charge is 0.317 e. The third-order valence-electron chi connectivity index (χ3n) is 7.15. The summed E-state index contributed by atoms with van der Waals surface area (Å²) in [4.78, 5) is 43.9. The molecule has 8 heteroatoms. The number of rotatable bonds is 8. The summed E-state index contributed by atoms with van der Waals surface area (Å²) in [6.07, 6.45) is 6.65. The Hall–Kier alpha value is -3.55. The predicted molar refractivity (Wildman–Crippen MR) is 147 cm³/mol. The normalized spacial score (nSPS) is 16.2. The van der Waals surface area contributed by atoms with Crippen molar-refractivity contribution in [3.63, 3.8) is 0 Å². The average Bonchev–Trinajstić information content (AvgIpc) is 2.94. The van der Waals surface area contributed by atoms with E-state index in [1.54, 1.807) is 17.0 Å². The summed E-state index contributed by atoms with van der Waals surface area (Å²) >= 11 is 0. The van der Waals surface area contributed by atoms with Crippen molar-refractivity contribution < 1.29 is 14.4 Å². The molecule has 1 heterocycles. The molecule has 0 bridgehead atoms. The van der Waals surface area contributed by atoms with Gasteiger partial charge < -0.3 is 25.3 Å². The lowest BCUT2D eigenvalue weighted by molar-refractivity contribution is -0.116. The fraction of sp³-hybridized carbons (Fsp3) is 0.483. The van der Waals surface area contributed by atoms with Crippen molar-refractivity contribution in [3.8, 4) is 0 Å². The first-order chi connectivity index (χ1) is 18.0. The van der Waals surface area contributed by atoms with Gasteiger partial charge in [0.05, 0.1) is 0 Å². The fourth-order valence-corrected chi connectivity index (χ4v) is 5.10. The highest BCUT2D eigenvalue weighted by atomic mass is 16.2. The molecule has 1 saturated heterocycles. The minimum Gasteiger partial charge on any atom is -0.368 e. The number of benzene rings is 2. The molecule has 2 fully saturated rings. The number of nitrogens with one attached hydrogen (secondary N) is 2. The van der Waals surface area contributed by atoms with Crippen LogP contribution in [0, 0.1) is 0 Å². The number of hydrogen-bond acceptors (Lipinski definition) is 4. The van der Waals surface area contributed by atoms with Crippen molar-refractivity contribution in [2.75, 3.05) is 49.5 Å². The zero-order chi connectivity index (χ0) is 26.0. The number of anilines is 2. The second-order valence-electron chi connectivity index (χ2n) is 9.95. The maximum atomic E-state index is 12.8. The molecule has 1 aliphatic carbocycles. The van der Waals surface area contributed by atoms with Crippen LogP contribution in [0.15, 0.2) is 54.6 Å². The number of piperazine rings is 1. The monoisotopic (exact) mass is 505 g/mol. The molecule has 0 atom stereocenters. The lowest BCUT2D eigenvalue weighted by atomic mass is 9.96. The molecule has 8 nitrogen and oxygen atoms in total. The Morgan fingerprint density at radius 2 is 1.57 bits per heavy atom. The highest BCUT2D eigenvalue weighted by Crippen LogP contribution is 2.21. The van der Waals surface area contributed by atoms with E-state index in [4.69, 9.17) is 0 Å². The first-order valence-electron chi connectivity index (χ1n) is 13.6. The van der Waals surface area contributed by atoms with E-state index < -0.39 is 0 Å². The molecule has 37 heavy (non-hydrogen) atoms. The van der Waals surface area contributed by atoms with Crippen molar-refractivity contribution in [2.24, 2.45) is 0 Å². The van der Waals surface area contributed by atoms with Crippen LogP contribution < -0.4 is 15.5 Å². The Balaban J connectivity index is 1.25. The molecule has 0 unspecified atom stereocenters. The summed E-state index contributed by atoms with van der Waals surface area (Å²) in [6.45, 7) is 5.46. The fourth-order valence-electron chi connectivity index (χ4n) is 5.10. The number of nitrogens with zero attached hydrogens (tertiary/aromatic N) is 3. The molecule has 2 N–H and O–H groups in total. The number of amides is 4. The minimum absolute atomic E-state index is 0.00813. The van der Waals surface area contributed by atoms with Crippen LogP contribution in [0.5, 0.6) is 0 Å². The van der Waals surface area contributed by atoms with E-state index in [2.05, 4.69) is 15.5 Å². The highest BCUT2D eigenvalue weighted by molar-refractivity contribution is 5.99. The topological polar surface area (TPSA) is 85.0 Å². The summed E-state index contributed by atoms with van der Waals surface area (Å²) in [5.74, 6) is -0.359. The van der Waals surface area contributed by atoms with Crippen LogP contribution in [0.1, 0.15) is 55.8 Å². The second-order valence-corrected chi connectivity index (χ2v) is 9.95. The quantitative estimate of drug-likeness (QED) is 0.559. The Morgan fingerprint density at radius 1 is 0.892 bits per heavy atom. The molecule has 2 aliphatic rings. The van der Waals surface area contributed by atoms with Gasteiger partial charge >= 0.3 is 6.03 Å². The molecule has 0 aromatic heterocycles. The van der Waals surface area contributed by atoms with E-state index in [0.29, 0.717) is 36.9 Å². The first-order valence-corrected chi connectivity index (χ1v) is 13.6. The lowest BCUT2D eigenvalue weighted by Gasteiger charge is -2.37. The van der Waals surface area contributed by atoms with Gasteiger partial charge in [-0.3, -0.25) is 9.59 Å². The van der Waals surface area contributed by atoms with Gasteiger partial charge in [-0.1, -0.05) is 44.4 Å². The molecular weight excluding hydrogens is 466 g/mol. The van der Waals surface area contributed by atoms with Gasteiger partial charge in [0, 0.05) is 55.7 Å². The molecule has 4 rings (SSSR count). The van der Waals surface area contributed by atoms with Crippen LogP contribution >= 0.6 is 0 Å². The average molecular weight is 506 g/mol. The summed E-state index contributed by atoms with van der Waals surface area (Å²) in [5.41, 5.74) is 2.35. The van der Waals surface area contributed by atoms with Crippen molar-refractivity contribution >= 4 is 29.2 Å². The molecule has 0 radical (unpaired) electrons. The Labute approximate surface area is 220 Å². The maximum Gasteiger partial charge on any atom is 0.317 e. The highest BCUT2D eigenvalue weighted by Gasteiger charge is 2.24. The van der Waals surface area contributed by atoms with Gasteiger partial charge in [0.1, 0.15) is 6.54 Å².